The molecule has 0 atom stereocenters. The number of nitrogens with one attached hydrogen (secondary N) is 2. The van der Waals surface area contributed by atoms with Gasteiger partial charge in [-0.05, 0) is 50.5 Å². The van der Waals surface area contributed by atoms with Crippen LogP contribution >= 0.6 is 0 Å². The van der Waals surface area contributed by atoms with E-state index in [1.54, 1.807) is 37.4 Å². The number of nitrogens with zero attached hydrogens (tertiary/aromatic N) is 3. The van der Waals surface area contributed by atoms with E-state index in [0.29, 0.717) is 40.8 Å². The third-order valence-corrected chi connectivity index (χ3v) is 5.81. The number of carbonyl (C=O) groups is 1. The van der Waals surface area contributed by atoms with Crippen molar-refractivity contribution >= 4 is 11.6 Å². The largest absolute Gasteiger partial charge is 0.487 e. The van der Waals surface area contributed by atoms with Gasteiger partial charge in [-0.2, -0.15) is 0 Å². The van der Waals surface area contributed by atoms with Gasteiger partial charge in [-0.25, -0.2) is 4.98 Å². The SMILES string of the molecule is C=C(COc1cccc(NC(=O)CCc2c(C)nc(-c3ccccn3)[nH]c2=O)c1)N1CCCC1. The summed E-state index contributed by atoms with van der Waals surface area (Å²) < 4.78 is 5.86. The Kier molecular flexibility index (Phi) is 7.37. The Labute approximate surface area is 198 Å². The van der Waals surface area contributed by atoms with E-state index in [1.807, 2.05) is 18.2 Å². The van der Waals surface area contributed by atoms with E-state index in [2.05, 4.69) is 31.7 Å². The Balaban J connectivity index is 1.32. The molecule has 2 aromatic heterocycles. The van der Waals surface area contributed by atoms with Crippen molar-refractivity contribution in [2.45, 2.75) is 32.6 Å². The Morgan fingerprint density at radius 2 is 2.03 bits per heavy atom. The molecule has 1 aromatic carbocycles. The van der Waals surface area contributed by atoms with Crippen LogP contribution in [0.2, 0.25) is 0 Å². The van der Waals surface area contributed by atoms with Gasteiger partial charge in [-0.1, -0.05) is 18.7 Å². The number of benzene rings is 1. The summed E-state index contributed by atoms with van der Waals surface area (Å²) in [5, 5.41) is 2.88. The van der Waals surface area contributed by atoms with E-state index in [1.165, 1.54) is 12.8 Å². The number of ether oxygens (including phenoxy) is 1. The molecule has 1 amide bonds. The van der Waals surface area contributed by atoms with Crippen LogP contribution in [0.25, 0.3) is 11.5 Å². The number of aryl methyl sites for hydroxylation is 1. The molecule has 0 aliphatic carbocycles. The Hall–Kier alpha value is -3.94. The summed E-state index contributed by atoms with van der Waals surface area (Å²) in [6.07, 6.45) is 4.47. The van der Waals surface area contributed by atoms with Gasteiger partial charge in [-0.3, -0.25) is 14.6 Å². The molecule has 0 radical (unpaired) electrons. The van der Waals surface area contributed by atoms with E-state index in [9.17, 15) is 9.59 Å². The van der Waals surface area contributed by atoms with Crippen LogP contribution in [0, 0.1) is 6.92 Å². The van der Waals surface area contributed by atoms with Crippen molar-refractivity contribution in [3.63, 3.8) is 0 Å². The quantitative estimate of drug-likeness (QED) is 0.506. The molecule has 1 fully saturated rings. The average molecular weight is 460 g/mol. The van der Waals surface area contributed by atoms with E-state index in [-0.39, 0.29) is 24.3 Å². The molecule has 0 bridgehead atoms. The summed E-state index contributed by atoms with van der Waals surface area (Å²) in [4.78, 5) is 38.8. The number of hydrogen-bond donors (Lipinski definition) is 2. The third-order valence-electron chi connectivity index (χ3n) is 5.81. The second-order valence-electron chi connectivity index (χ2n) is 8.32. The number of aromatic amines is 1. The van der Waals surface area contributed by atoms with E-state index in [0.717, 1.165) is 18.8 Å². The fourth-order valence-electron chi connectivity index (χ4n) is 3.95. The first-order chi connectivity index (χ1) is 16.5. The van der Waals surface area contributed by atoms with Crippen molar-refractivity contribution in [3.05, 3.63) is 82.5 Å². The lowest BCUT2D eigenvalue weighted by atomic mass is 10.1. The first-order valence-electron chi connectivity index (χ1n) is 11.5. The van der Waals surface area contributed by atoms with Crippen molar-refractivity contribution < 1.29 is 9.53 Å². The van der Waals surface area contributed by atoms with Crippen molar-refractivity contribution in [1.29, 1.82) is 0 Å². The standard InChI is InChI=1S/C26H29N5O3/c1-18(31-14-5-6-15-31)17-34-21-9-7-8-20(16-21)29-24(32)12-11-22-19(2)28-25(30-26(22)33)23-10-3-4-13-27-23/h3-4,7-10,13,16H,1,5-6,11-12,14-15,17H2,2H3,(H,29,32)(H,28,30,33). The topological polar surface area (TPSA) is 100 Å². The summed E-state index contributed by atoms with van der Waals surface area (Å²) in [5.74, 6) is 0.895. The van der Waals surface area contributed by atoms with Gasteiger partial charge in [0, 0.05) is 54.4 Å². The van der Waals surface area contributed by atoms with Crippen LogP contribution in [0.1, 0.15) is 30.5 Å². The summed E-state index contributed by atoms with van der Waals surface area (Å²) in [6, 6.07) is 12.7. The number of anilines is 1. The molecule has 0 unspecified atom stereocenters. The van der Waals surface area contributed by atoms with Crippen molar-refractivity contribution in [2.75, 3.05) is 25.0 Å². The minimum Gasteiger partial charge on any atom is -0.487 e. The maximum Gasteiger partial charge on any atom is 0.254 e. The van der Waals surface area contributed by atoms with Gasteiger partial charge in [-0.15, -0.1) is 0 Å². The minimum atomic E-state index is -0.255. The Morgan fingerprint density at radius 1 is 1.21 bits per heavy atom. The van der Waals surface area contributed by atoms with Crippen LogP contribution in [0.5, 0.6) is 5.75 Å². The third kappa shape index (κ3) is 5.89. The first kappa shape index (κ1) is 23.2. The molecule has 3 aromatic rings. The van der Waals surface area contributed by atoms with E-state index >= 15 is 0 Å². The molecule has 1 aliphatic rings. The monoisotopic (exact) mass is 459 g/mol. The van der Waals surface area contributed by atoms with Crippen LogP contribution in [0.15, 0.2) is 65.7 Å². The van der Waals surface area contributed by atoms with Crippen molar-refractivity contribution in [3.8, 4) is 17.3 Å². The van der Waals surface area contributed by atoms with Crippen LogP contribution in [-0.2, 0) is 11.2 Å². The molecule has 3 heterocycles. The van der Waals surface area contributed by atoms with Gasteiger partial charge < -0.3 is 19.9 Å². The van der Waals surface area contributed by atoms with Gasteiger partial charge >= 0.3 is 0 Å². The fraction of sp³-hybridized carbons (Fsp3) is 0.308. The Bertz CT molecular complexity index is 1220. The molecule has 34 heavy (non-hydrogen) atoms. The van der Waals surface area contributed by atoms with Gasteiger partial charge in [0.1, 0.15) is 18.1 Å². The van der Waals surface area contributed by atoms with Gasteiger partial charge in [0.2, 0.25) is 5.91 Å². The summed E-state index contributed by atoms with van der Waals surface area (Å²) >= 11 is 0. The highest BCUT2D eigenvalue weighted by atomic mass is 16.5. The summed E-state index contributed by atoms with van der Waals surface area (Å²) in [6.45, 7) is 8.35. The van der Waals surface area contributed by atoms with Gasteiger partial charge in [0.25, 0.3) is 5.56 Å². The number of aromatic nitrogens is 3. The second-order valence-corrected chi connectivity index (χ2v) is 8.32. The molecular weight excluding hydrogens is 430 g/mol. The smallest absolute Gasteiger partial charge is 0.254 e. The van der Waals surface area contributed by atoms with Crippen LogP contribution in [0.4, 0.5) is 5.69 Å². The molecule has 4 rings (SSSR count). The lowest BCUT2D eigenvalue weighted by Gasteiger charge is -2.20. The molecule has 1 aliphatic heterocycles. The molecule has 1 saturated heterocycles. The number of H-pyrrole nitrogens is 1. The number of pyridine rings is 1. The van der Waals surface area contributed by atoms with E-state index < -0.39 is 0 Å². The van der Waals surface area contributed by atoms with Crippen LogP contribution in [-0.4, -0.2) is 45.5 Å². The van der Waals surface area contributed by atoms with Crippen molar-refractivity contribution in [1.82, 2.24) is 19.9 Å². The number of amides is 1. The number of likely N-dealkylation sites (tertiary alicyclic amines) is 1. The van der Waals surface area contributed by atoms with Crippen molar-refractivity contribution in [2.24, 2.45) is 0 Å². The lowest BCUT2D eigenvalue weighted by molar-refractivity contribution is -0.116. The lowest BCUT2D eigenvalue weighted by Crippen LogP contribution is -2.22. The zero-order valence-electron chi connectivity index (χ0n) is 19.3. The van der Waals surface area contributed by atoms with Crippen LogP contribution < -0.4 is 15.6 Å². The van der Waals surface area contributed by atoms with E-state index in [4.69, 9.17) is 4.74 Å². The summed E-state index contributed by atoms with van der Waals surface area (Å²) in [7, 11) is 0. The highest BCUT2D eigenvalue weighted by Crippen LogP contribution is 2.20. The average Bonchev–Trinajstić information content (AvgIpc) is 3.38. The number of rotatable bonds is 9. The van der Waals surface area contributed by atoms with Crippen LogP contribution in [0.3, 0.4) is 0 Å². The predicted molar refractivity (Wildman–Crippen MR) is 132 cm³/mol. The number of carbonyl (C=O) groups excluding carboxylic acids is 1. The zero-order chi connectivity index (χ0) is 23.9. The minimum absolute atomic E-state index is 0.158. The highest BCUT2D eigenvalue weighted by Gasteiger charge is 2.14. The van der Waals surface area contributed by atoms with Gasteiger partial charge in [0.05, 0.1) is 0 Å². The molecular formula is C26H29N5O3. The fourth-order valence-corrected chi connectivity index (χ4v) is 3.95. The molecule has 2 N–H and O–H groups in total. The highest BCUT2D eigenvalue weighted by molar-refractivity contribution is 5.91. The molecule has 8 heteroatoms. The zero-order valence-corrected chi connectivity index (χ0v) is 19.3. The maximum absolute atomic E-state index is 12.6. The molecule has 8 nitrogen and oxygen atoms in total. The van der Waals surface area contributed by atoms with Gasteiger partial charge in [0.15, 0.2) is 5.82 Å². The predicted octanol–water partition coefficient (Wildman–Crippen LogP) is 3.70. The first-order valence-corrected chi connectivity index (χ1v) is 11.5. The second kappa shape index (κ2) is 10.8. The number of hydrogen-bond acceptors (Lipinski definition) is 6. The molecule has 0 spiro atoms. The maximum atomic E-state index is 12.6. The summed E-state index contributed by atoms with van der Waals surface area (Å²) in [5.41, 5.74) is 3.03. The normalized spacial score (nSPS) is 13.0. The molecule has 176 valence electrons. The molecule has 0 saturated carbocycles. The Morgan fingerprint density at radius 3 is 2.76 bits per heavy atom.